The normalized spacial score (nSPS) is 16.9. The van der Waals surface area contributed by atoms with Gasteiger partial charge in [0.2, 0.25) is 0 Å². The van der Waals surface area contributed by atoms with Crippen LogP contribution >= 0.6 is 23.2 Å². The molecule has 6 nitrogen and oxygen atoms in total. The van der Waals surface area contributed by atoms with E-state index in [1.165, 1.54) is 7.11 Å². The van der Waals surface area contributed by atoms with Crippen molar-refractivity contribution in [3.05, 3.63) is 63.6 Å². The Morgan fingerprint density at radius 2 is 1.86 bits per heavy atom. The molecule has 0 spiro atoms. The fraction of sp³-hybridized carbons (Fsp3) is 0.333. The zero-order valence-electron chi connectivity index (χ0n) is 15.9. The van der Waals surface area contributed by atoms with E-state index in [1.54, 1.807) is 18.2 Å². The number of amides is 1. The highest BCUT2D eigenvalue weighted by Crippen LogP contribution is 2.24. The second kappa shape index (κ2) is 9.96. The van der Waals surface area contributed by atoms with E-state index in [-0.39, 0.29) is 28.1 Å². The first-order valence-corrected chi connectivity index (χ1v) is 10.0. The van der Waals surface area contributed by atoms with Crippen LogP contribution in [0, 0.1) is 0 Å². The van der Waals surface area contributed by atoms with Crippen molar-refractivity contribution in [2.45, 2.75) is 25.0 Å². The quantitative estimate of drug-likeness (QED) is 0.651. The SMILES string of the molecule is COC(=O)[C@H](Cc1ccc(O[C@H]2CCNC2)cc1)NC(=O)c1c(Cl)cccc1Cl. The summed E-state index contributed by atoms with van der Waals surface area (Å²) in [5, 5.41) is 6.34. The van der Waals surface area contributed by atoms with Crippen molar-refractivity contribution in [2.24, 2.45) is 0 Å². The molecule has 1 aliphatic heterocycles. The smallest absolute Gasteiger partial charge is 0.328 e. The van der Waals surface area contributed by atoms with Crippen molar-refractivity contribution in [3.63, 3.8) is 0 Å². The van der Waals surface area contributed by atoms with Crippen LogP contribution in [-0.4, -0.2) is 44.2 Å². The molecule has 154 valence electrons. The van der Waals surface area contributed by atoms with Gasteiger partial charge in [-0.25, -0.2) is 4.79 Å². The largest absolute Gasteiger partial charge is 0.489 e. The van der Waals surface area contributed by atoms with Gasteiger partial charge in [0.15, 0.2) is 0 Å². The molecular formula is C21H22Cl2N2O4. The van der Waals surface area contributed by atoms with Crippen molar-refractivity contribution in [1.82, 2.24) is 10.6 Å². The first kappa shape index (κ1) is 21.4. The van der Waals surface area contributed by atoms with E-state index in [4.69, 9.17) is 32.7 Å². The van der Waals surface area contributed by atoms with Gasteiger partial charge in [-0.3, -0.25) is 4.79 Å². The third-order valence-corrected chi connectivity index (χ3v) is 5.29. The van der Waals surface area contributed by atoms with Crippen LogP contribution in [0.3, 0.4) is 0 Å². The number of hydrogen-bond acceptors (Lipinski definition) is 5. The van der Waals surface area contributed by atoms with Crippen molar-refractivity contribution >= 4 is 35.1 Å². The third-order valence-electron chi connectivity index (χ3n) is 4.66. The topological polar surface area (TPSA) is 76.7 Å². The van der Waals surface area contributed by atoms with Crippen LogP contribution in [0.1, 0.15) is 22.3 Å². The number of esters is 1. The lowest BCUT2D eigenvalue weighted by molar-refractivity contribution is -0.142. The van der Waals surface area contributed by atoms with Crippen LogP contribution in [0.4, 0.5) is 0 Å². The predicted molar refractivity (Wildman–Crippen MR) is 112 cm³/mol. The van der Waals surface area contributed by atoms with E-state index in [0.717, 1.165) is 30.8 Å². The van der Waals surface area contributed by atoms with Crippen LogP contribution in [0.2, 0.25) is 10.0 Å². The summed E-state index contributed by atoms with van der Waals surface area (Å²) >= 11 is 12.2. The molecule has 8 heteroatoms. The first-order chi connectivity index (χ1) is 14.0. The maximum atomic E-state index is 12.6. The highest BCUT2D eigenvalue weighted by Gasteiger charge is 2.25. The molecule has 2 atom stereocenters. The molecule has 0 aliphatic carbocycles. The second-order valence-corrected chi connectivity index (χ2v) is 7.54. The number of carbonyl (C=O) groups excluding carboxylic acids is 2. The first-order valence-electron chi connectivity index (χ1n) is 9.27. The lowest BCUT2D eigenvalue weighted by Gasteiger charge is -2.18. The van der Waals surface area contributed by atoms with E-state index >= 15 is 0 Å². The summed E-state index contributed by atoms with van der Waals surface area (Å²) in [6, 6.07) is 11.3. The van der Waals surface area contributed by atoms with Crippen LogP contribution in [0.15, 0.2) is 42.5 Å². The molecule has 3 rings (SSSR count). The standard InChI is InChI=1S/C21H22Cl2N2O4/c1-28-21(27)18(25-20(26)19-16(22)3-2-4-17(19)23)11-13-5-7-14(8-6-13)29-15-9-10-24-12-15/h2-8,15,18,24H,9-12H2,1H3,(H,25,26)/t15-,18-/m0/s1. The Morgan fingerprint density at radius 1 is 1.17 bits per heavy atom. The number of hydrogen-bond donors (Lipinski definition) is 2. The van der Waals surface area contributed by atoms with Crippen molar-refractivity contribution in [1.29, 1.82) is 0 Å². The van der Waals surface area contributed by atoms with Crippen LogP contribution in [0.25, 0.3) is 0 Å². The average molecular weight is 437 g/mol. The van der Waals surface area contributed by atoms with Gasteiger partial charge in [-0.1, -0.05) is 41.4 Å². The van der Waals surface area contributed by atoms with Gasteiger partial charge in [0.25, 0.3) is 5.91 Å². The Labute approximate surface area is 179 Å². The highest BCUT2D eigenvalue weighted by molar-refractivity contribution is 6.39. The Kier molecular flexibility index (Phi) is 7.36. The molecule has 0 bridgehead atoms. The molecule has 1 amide bonds. The molecule has 0 unspecified atom stereocenters. The molecule has 2 N–H and O–H groups in total. The van der Waals surface area contributed by atoms with Gasteiger partial charge < -0.3 is 20.1 Å². The Morgan fingerprint density at radius 3 is 2.45 bits per heavy atom. The van der Waals surface area contributed by atoms with E-state index in [1.807, 2.05) is 24.3 Å². The zero-order chi connectivity index (χ0) is 20.8. The number of halogens is 2. The Bertz CT molecular complexity index is 847. The molecular weight excluding hydrogens is 415 g/mol. The molecule has 2 aromatic rings. The second-order valence-electron chi connectivity index (χ2n) is 6.73. The van der Waals surface area contributed by atoms with Gasteiger partial charge in [0, 0.05) is 13.0 Å². The minimum atomic E-state index is -0.884. The number of ether oxygens (including phenoxy) is 2. The van der Waals surface area contributed by atoms with Crippen molar-refractivity contribution in [3.8, 4) is 5.75 Å². The molecule has 1 heterocycles. The van der Waals surface area contributed by atoms with Crippen molar-refractivity contribution < 1.29 is 19.1 Å². The molecule has 1 saturated heterocycles. The molecule has 0 aromatic heterocycles. The Hall–Kier alpha value is -2.28. The maximum absolute atomic E-state index is 12.6. The minimum absolute atomic E-state index is 0.124. The van der Waals surface area contributed by atoms with E-state index in [9.17, 15) is 9.59 Å². The average Bonchev–Trinajstić information content (AvgIpc) is 3.21. The fourth-order valence-electron chi connectivity index (χ4n) is 3.14. The molecule has 29 heavy (non-hydrogen) atoms. The van der Waals surface area contributed by atoms with Crippen LogP contribution in [-0.2, 0) is 16.0 Å². The number of methoxy groups -OCH3 is 1. The minimum Gasteiger partial charge on any atom is -0.489 e. The predicted octanol–water partition coefficient (Wildman–Crippen LogP) is 3.25. The number of rotatable bonds is 7. The lowest BCUT2D eigenvalue weighted by atomic mass is 10.0. The van der Waals surface area contributed by atoms with E-state index in [2.05, 4.69) is 10.6 Å². The monoisotopic (exact) mass is 436 g/mol. The summed E-state index contributed by atoms with van der Waals surface area (Å²) in [5.74, 6) is -0.326. The van der Waals surface area contributed by atoms with Gasteiger partial charge in [-0.2, -0.15) is 0 Å². The van der Waals surface area contributed by atoms with Crippen LogP contribution in [0.5, 0.6) is 5.75 Å². The van der Waals surface area contributed by atoms with Gasteiger partial charge in [0.1, 0.15) is 17.9 Å². The molecule has 0 radical (unpaired) electrons. The van der Waals surface area contributed by atoms with Crippen LogP contribution < -0.4 is 15.4 Å². The molecule has 1 aliphatic rings. The van der Waals surface area contributed by atoms with Gasteiger partial charge in [0.05, 0.1) is 22.7 Å². The summed E-state index contributed by atoms with van der Waals surface area (Å²) in [5.41, 5.74) is 0.974. The molecule has 2 aromatic carbocycles. The number of benzene rings is 2. The Balaban J connectivity index is 1.69. The zero-order valence-corrected chi connectivity index (χ0v) is 17.4. The summed E-state index contributed by atoms with van der Waals surface area (Å²) in [4.78, 5) is 24.9. The summed E-state index contributed by atoms with van der Waals surface area (Å²) < 4.78 is 10.7. The summed E-state index contributed by atoms with van der Waals surface area (Å²) in [6.45, 7) is 1.79. The lowest BCUT2D eigenvalue weighted by Crippen LogP contribution is -2.43. The molecule has 0 saturated carbocycles. The van der Waals surface area contributed by atoms with Gasteiger partial charge in [-0.05, 0) is 42.8 Å². The third kappa shape index (κ3) is 5.63. The van der Waals surface area contributed by atoms with Gasteiger partial charge >= 0.3 is 5.97 Å². The summed E-state index contributed by atoms with van der Waals surface area (Å²) in [7, 11) is 1.27. The number of nitrogens with one attached hydrogen (secondary N) is 2. The van der Waals surface area contributed by atoms with Crippen molar-refractivity contribution in [2.75, 3.05) is 20.2 Å². The van der Waals surface area contributed by atoms with Gasteiger partial charge in [-0.15, -0.1) is 0 Å². The van der Waals surface area contributed by atoms with E-state index < -0.39 is 17.9 Å². The number of carbonyl (C=O) groups is 2. The fourth-order valence-corrected chi connectivity index (χ4v) is 3.71. The maximum Gasteiger partial charge on any atom is 0.328 e. The summed E-state index contributed by atoms with van der Waals surface area (Å²) in [6.07, 6.45) is 1.40. The molecule has 1 fully saturated rings. The van der Waals surface area contributed by atoms with E-state index in [0.29, 0.717) is 0 Å². The highest BCUT2D eigenvalue weighted by atomic mass is 35.5.